The molecule has 1 aliphatic carbocycles. The minimum Gasteiger partial charge on any atom is -0.335 e. The number of carbonyl (C=O) groups excluding carboxylic acids is 2. The zero-order chi connectivity index (χ0) is 20.8. The van der Waals surface area contributed by atoms with Gasteiger partial charge in [0.25, 0.3) is 0 Å². The number of aromatic nitrogens is 3. The summed E-state index contributed by atoms with van der Waals surface area (Å²) in [5, 5.41) is 14.0. The third-order valence-electron chi connectivity index (χ3n) is 4.66. The lowest BCUT2D eigenvalue weighted by atomic mass is 10.2. The molecule has 0 unspecified atom stereocenters. The van der Waals surface area contributed by atoms with E-state index in [1.165, 1.54) is 17.8 Å². The second-order valence-corrected chi connectivity index (χ2v) is 8.52. The molecule has 0 saturated heterocycles. The number of hydrogen-bond acceptors (Lipinski definition) is 5. The first-order valence-corrected chi connectivity index (χ1v) is 10.8. The number of rotatable bonds is 7. The number of nitrogens with zero attached hydrogens (tertiary/aromatic N) is 3. The first kappa shape index (κ1) is 21.3. The average molecular weight is 420 g/mol. The average Bonchev–Trinajstić information content (AvgIpc) is 3.30. The fourth-order valence-electron chi connectivity index (χ4n) is 3.35. The van der Waals surface area contributed by atoms with Gasteiger partial charge >= 0.3 is 6.03 Å². The van der Waals surface area contributed by atoms with Gasteiger partial charge in [-0.05, 0) is 30.9 Å². The number of amides is 3. The molecule has 9 heteroatoms. The Kier molecular flexibility index (Phi) is 7.24. The highest BCUT2D eigenvalue weighted by Crippen LogP contribution is 2.26. The molecule has 2 aromatic rings. The number of imide groups is 1. The quantitative estimate of drug-likeness (QED) is 0.670. The lowest BCUT2D eigenvalue weighted by Crippen LogP contribution is -2.44. The topological polar surface area (TPSA) is 88.9 Å². The number of carbonyl (C=O) groups is 2. The van der Waals surface area contributed by atoms with Crippen LogP contribution in [0.25, 0.3) is 11.4 Å². The zero-order valence-corrected chi connectivity index (χ0v) is 17.5. The van der Waals surface area contributed by atoms with E-state index >= 15 is 0 Å². The van der Waals surface area contributed by atoms with Crippen molar-refractivity contribution in [2.75, 3.05) is 5.75 Å². The molecule has 0 spiro atoms. The van der Waals surface area contributed by atoms with Crippen LogP contribution in [0.1, 0.15) is 39.5 Å². The molecule has 156 valence electrons. The minimum atomic E-state index is -0.460. The molecule has 1 aliphatic rings. The summed E-state index contributed by atoms with van der Waals surface area (Å²) < 4.78 is 16.0. The molecule has 1 aromatic carbocycles. The molecule has 7 nitrogen and oxygen atoms in total. The van der Waals surface area contributed by atoms with Crippen LogP contribution in [-0.2, 0) is 11.3 Å². The lowest BCUT2D eigenvalue weighted by molar-refractivity contribution is -0.117. The van der Waals surface area contributed by atoms with Crippen LogP contribution in [-0.4, -0.2) is 38.5 Å². The summed E-state index contributed by atoms with van der Waals surface area (Å²) in [6.07, 6.45) is 4.11. The van der Waals surface area contributed by atoms with Gasteiger partial charge in [0, 0.05) is 12.6 Å². The van der Waals surface area contributed by atoms with Gasteiger partial charge in [-0.15, -0.1) is 10.2 Å². The van der Waals surface area contributed by atoms with Crippen LogP contribution >= 0.6 is 11.8 Å². The van der Waals surface area contributed by atoms with E-state index in [-0.39, 0.29) is 23.5 Å². The van der Waals surface area contributed by atoms with Crippen LogP contribution in [0, 0.1) is 11.7 Å². The highest BCUT2D eigenvalue weighted by molar-refractivity contribution is 7.99. The van der Waals surface area contributed by atoms with Gasteiger partial charge in [-0.1, -0.05) is 50.6 Å². The molecule has 0 atom stereocenters. The van der Waals surface area contributed by atoms with Gasteiger partial charge in [-0.2, -0.15) is 0 Å². The standard InChI is InChI=1S/C20H26FN5O2S/c1-13(2)11-26-18(15-9-5-6-10-16(15)21)24-25-20(26)29-12-17(27)23-19(28)22-14-7-3-4-8-14/h5-6,9-10,13-14H,3-4,7-8,11-12H2,1-2H3,(H2,22,23,27,28). The Morgan fingerprint density at radius 3 is 2.66 bits per heavy atom. The van der Waals surface area contributed by atoms with Crippen molar-refractivity contribution in [2.24, 2.45) is 5.92 Å². The highest BCUT2D eigenvalue weighted by atomic mass is 32.2. The first-order valence-electron chi connectivity index (χ1n) is 9.85. The molecule has 1 fully saturated rings. The summed E-state index contributed by atoms with van der Waals surface area (Å²) in [6, 6.07) is 6.10. The Morgan fingerprint density at radius 1 is 1.24 bits per heavy atom. The molecule has 1 aromatic heterocycles. The molecule has 1 heterocycles. The monoisotopic (exact) mass is 419 g/mol. The number of hydrogen-bond donors (Lipinski definition) is 2. The van der Waals surface area contributed by atoms with Gasteiger partial charge in [0.2, 0.25) is 5.91 Å². The third kappa shape index (κ3) is 5.79. The van der Waals surface area contributed by atoms with Gasteiger partial charge in [-0.3, -0.25) is 10.1 Å². The largest absolute Gasteiger partial charge is 0.335 e. The van der Waals surface area contributed by atoms with Crippen molar-refractivity contribution in [1.82, 2.24) is 25.4 Å². The van der Waals surface area contributed by atoms with E-state index in [0.717, 1.165) is 25.7 Å². The first-order chi connectivity index (χ1) is 13.9. The maximum absolute atomic E-state index is 14.2. The van der Waals surface area contributed by atoms with Crippen molar-refractivity contribution >= 4 is 23.7 Å². The van der Waals surface area contributed by atoms with Gasteiger partial charge < -0.3 is 9.88 Å². The van der Waals surface area contributed by atoms with Crippen molar-refractivity contribution in [3.8, 4) is 11.4 Å². The summed E-state index contributed by atoms with van der Waals surface area (Å²) >= 11 is 1.18. The maximum atomic E-state index is 14.2. The van der Waals surface area contributed by atoms with Crippen molar-refractivity contribution in [2.45, 2.75) is 57.3 Å². The Hall–Kier alpha value is -2.42. The van der Waals surface area contributed by atoms with Crippen molar-refractivity contribution in [3.05, 3.63) is 30.1 Å². The SMILES string of the molecule is CC(C)Cn1c(SCC(=O)NC(=O)NC2CCCC2)nnc1-c1ccccc1F. The second-order valence-electron chi connectivity index (χ2n) is 7.58. The molecule has 29 heavy (non-hydrogen) atoms. The van der Waals surface area contributed by atoms with Gasteiger partial charge in [0.1, 0.15) is 5.82 Å². The number of nitrogens with one attached hydrogen (secondary N) is 2. The van der Waals surface area contributed by atoms with E-state index in [1.54, 1.807) is 18.2 Å². The van der Waals surface area contributed by atoms with E-state index in [1.807, 2.05) is 18.4 Å². The Morgan fingerprint density at radius 2 is 1.97 bits per heavy atom. The Balaban J connectivity index is 1.64. The number of benzene rings is 1. The molecule has 0 bridgehead atoms. The van der Waals surface area contributed by atoms with Crippen LogP contribution in [0.5, 0.6) is 0 Å². The number of urea groups is 1. The van der Waals surface area contributed by atoms with Crippen LogP contribution in [0.15, 0.2) is 29.4 Å². The summed E-state index contributed by atoms with van der Waals surface area (Å²) in [5.74, 6) is -0.0496. The molecule has 1 saturated carbocycles. The van der Waals surface area contributed by atoms with Gasteiger partial charge in [-0.25, -0.2) is 9.18 Å². The smallest absolute Gasteiger partial charge is 0.321 e. The number of thioether (sulfide) groups is 1. The maximum Gasteiger partial charge on any atom is 0.321 e. The summed E-state index contributed by atoms with van der Waals surface area (Å²) in [6.45, 7) is 4.67. The summed E-state index contributed by atoms with van der Waals surface area (Å²) in [7, 11) is 0. The predicted molar refractivity (Wildman–Crippen MR) is 110 cm³/mol. The molecule has 0 aliphatic heterocycles. The van der Waals surface area contributed by atoms with Crippen molar-refractivity contribution in [1.29, 1.82) is 0 Å². The second kappa shape index (κ2) is 9.87. The van der Waals surface area contributed by atoms with E-state index in [4.69, 9.17) is 0 Å². The molecule has 3 amide bonds. The van der Waals surface area contributed by atoms with E-state index in [0.29, 0.717) is 23.1 Å². The van der Waals surface area contributed by atoms with Crippen LogP contribution < -0.4 is 10.6 Å². The molecular formula is C20H26FN5O2S. The normalized spacial score (nSPS) is 14.3. The molecular weight excluding hydrogens is 393 g/mol. The molecule has 3 rings (SSSR count). The van der Waals surface area contributed by atoms with Crippen LogP contribution in [0.3, 0.4) is 0 Å². The van der Waals surface area contributed by atoms with Crippen LogP contribution in [0.2, 0.25) is 0 Å². The van der Waals surface area contributed by atoms with Crippen molar-refractivity contribution < 1.29 is 14.0 Å². The molecule has 0 radical (unpaired) electrons. The van der Waals surface area contributed by atoms with E-state index in [9.17, 15) is 14.0 Å². The summed E-state index contributed by atoms with van der Waals surface area (Å²) in [4.78, 5) is 24.1. The third-order valence-corrected chi connectivity index (χ3v) is 5.62. The number of halogens is 1. The van der Waals surface area contributed by atoms with Gasteiger partial charge in [0.05, 0.1) is 11.3 Å². The molecule has 2 N–H and O–H groups in total. The zero-order valence-electron chi connectivity index (χ0n) is 16.7. The van der Waals surface area contributed by atoms with E-state index in [2.05, 4.69) is 20.8 Å². The minimum absolute atomic E-state index is 0.0194. The summed E-state index contributed by atoms with van der Waals surface area (Å²) in [5.41, 5.74) is 0.368. The predicted octanol–water partition coefficient (Wildman–Crippen LogP) is 3.60. The van der Waals surface area contributed by atoms with Crippen LogP contribution in [0.4, 0.5) is 9.18 Å². The van der Waals surface area contributed by atoms with Gasteiger partial charge in [0.15, 0.2) is 11.0 Å². The lowest BCUT2D eigenvalue weighted by Gasteiger charge is -2.13. The van der Waals surface area contributed by atoms with E-state index < -0.39 is 11.9 Å². The Bertz CT molecular complexity index is 864. The highest BCUT2D eigenvalue weighted by Gasteiger charge is 2.20. The fourth-order valence-corrected chi connectivity index (χ4v) is 4.10. The van der Waals surface area contributed by atoms with Crippen molar-refractivity contribution in [3.63, 3.8) is 0 Å². The Labute approximate surface area is 173 Å². The fraction of sp³-hybridized carbons (Fsp3) is 0.500.